The van der Waals surface area contributed by atoms with Crippen LogP contribution in [0.2, 0.25) is 0 Å². The lowest BCUT2D eigenvalue weighted by Crippen LogP contribution is -2.27. The molecule has 0 saturated carbocycles. The number of phenolic OH excluding ortho intramolecular Hbond substituents is 1. The summed E-state index contributed by atoms with van der Waals surface area (Å²) in [7, 11) is 0. The molecule has 0 amide bonds. The monoisotopic (exact) mass is 379 g/mol. The summed E-state index contributed by atoms with van der Waals surface area (Å²) >= 11 is 0. The molecule has 2 aromatic carbocycles. The van der Waals surface area contributed by atoms with Gasteiger partial charge in [-0.15, -0.1) is 5.10 Å². The van der Waals surface area contributed by atoms with Crippen LogP contribution < -0.4 is 4.74 Å². The molecule has 0 atom stereocenters. The summed E-state index contributed by atoms with van der Waals surface area (Å²) in [6.45, 7) is 7.83. The molecule has 0 spiro atoms. The Hall–Kier alpha value is -2.93. The summed E-state index contributed by atoms with van der Waals surface area (Å²) in [6, 6.07) is 12.2. The topological polar surface area (TPSA) is 76.3 Å². The highest BCUT2D eigenvalue weighted by Crippen LogP contribution is 2.38. The number of ether oxygens (including phenoxy) is 1. The smallest absolute Gasteiger partial charge is 0.165 e. The molecule has 7 nitrogen and oxygen atoms in total. The second-order valence-electron chi connectivity index (χ2n) is 7.23. The van der Waals surface area contributed by atoms with Gasteiger partial charge in [0.1, 0.15) is 12.4 Å². The van der Waals surface area contributed by atoms with Crippen LogP contribution in [0.15, 0.2) is 36.4 Å². The number of benzene rings is 2. The first-order valence-corrected chi connectivity index (χ1v) is 9.61. The van der Waals surface area contributed by atoms with Crippen molar-refractivity contribution in [1.82, 2.24) is 25.1 Å². The molecule has 0 bridgehead atoms. The largest absolute Gasteiger partial charge is 0.504 e. The lowest BCUT2D eigenvalue weighted by Gasteiger charge is -2.19. The van der Waals surface area contributed by atoms with E-state index in [2.05, 4.69) is 45.5 Å². The first-order chi connectivity index (χ1) is 13.6. The van der Waals surface area contributed by atoms with Crippen molar-refractivity contribution in [1.29, 1.82) is 0 Å². The third-order valence-electron chi connectivity index (χ3n) is 5.21. The van der Waals surface area contributed by atoms with Crippen LogP contribution in [-0.4, -0.2) is 49.9 Å². The van der Waals surface area contributed by atoms with Crippen molar-refractivity contribution < 1.29 is 9.84 Å². The van der Waals surface area contributed by atoms with E-state index in [1.54, 1.807) is 6.07 Å². The summed E-state index contributed by atoms with van der Waals surface area (Å²) in [4.78, 5) is 2.35. The van der Waals surface area contributed by atoms with Crippen molar-refractivity contribution in [3.8, 4) is 22.6 Å². The first-order valence-electron chi connectivity index (χ1n) is 9.61. The molecule has 7 heteroatoms. The third kappa shape index (κ3) is 3.84. The minimum Gasteiger partial charge on any atom is -0.504 e. The van der Waals surface area contributed by atoms with Crippen LogP contribution in [0.1, 0.15) is 23.4 Å². The van der Waals surface area contributed by atoms with Gasteiger partial charge < -0.3 is 9.84 Å². The molecule has 1 aromatic heterocycles. The number of hydrogen-bond acceptors (Lipinski definition) is 6. The van der Waals surface area contributed by atoms with Gasteiger partial charge >= 0.3 is 0 Å². The average Bonchev–Trinajstić information content (AvgIpc) is 2.96. The summed E-state index contributed by atoms with van der Waals surface area (Å²) in [5.74, 6) is 1.65. The van der Waals surface area contributed by atoms with E-state index in [1.807, 2.05) is 23.7 Å². The zero-order valence-corrected chi connectivity index (χ0v) is 16.3. The highest BCUT2D eigenvalue weighted by atomic mass is 16.5. The Labute approximate surface area is 164 Å². The number of aromatic nitrogens is 4. The number of fused-ring (bicyclic) bond motifs is 1. The summed E-state index contributed by atoms with van der Waals surface area (Å²) in [5, 5.41) is 22.2. The van der Waals surface area contributed by atoms with Crippen LogP contribution >= 0.6 is 0 Å². The van der Waals surface area contributed by atoms with Gasteiger partial charge in [-0.2, -0.15) is 0 Å². The fourth-order valence-corrected chi connectivity index (χ4v) is 3.70. The maximum Gasteiger partial charge on any atom is 0.165 e. The lowest BCUT2D eigenvalue weighted by molar-refractivity contribution is 0.217. The Balaban J connectivity index is 1.51. The second-order valence-corrected chi connectivity index (χ2v) is 7.23. The number of aryl methyl sites for hydroxylation is 3. The summed E-state index contributed by atoms with van der Waals surface area (Å²) < 4.78 is 7.70. The molecule has 1 N–H and O–H groups in total. The van der Waals surface area contributed by atoms with Crippen molar-refractivity contribution in [3.05, 3.63) is 53.3 Å². The van der Waals surface area contributed by atoms with Gasteiger partial charge in [-0.25, -0.2) is 4.68 Å². The van der Waals surface area contributed by atoms with E-state index in [4.69, 9.17) is 4.74 Å². The molecular weight excluding hydrogens is 354 g/mol. The molecule has 4 rings (SSSR count). The van der Waals surface area contributed by atoms with Crippen molar-refractivity contribution in [2.75, 3.05) is 19.7 Å². The van der Waals surface area contributed by atoms with E-state index in [0.29, 0.717) is 12.4 Å². The Morgan fingerprint density at radius 1 is 1.14 bits per heavy atom. The zero-order valence-electron chi connectivity index (χ0n) is 16.3. The molecule has 0 radical (unpaired) electrons. The minimum absolute atomic E-state index is 0.210. The maximum atomic E-state index is 10.6. The lowest BCUT2D eigenvalue weighted by atomic mass is 9.98. The van der Waals surface area contributed by atoms with E-state index in [1.165, 1.54) is 5.56 Å². The van der Waals surface area contributed by atoms with E-state index in [9.17, 15) is 5.11 Å². The highest BCUT2D eigenvalue weighted by Gasteiger charge is 2.20. The van der Waals surface area contributed by atoms with Gasteiger partial charge in [-0.05, 0) is 59.5 Å². The molecule has 3 aromatic rings. The van der Waals surface area contributed by atoms with Crippen LogP contribution in [0.5, 0.6) is 11.5 Å². The molecule has 28 heavy (non-hydrogen) atoms. The predicted octanol–water partition coefficient (Wildman–Crippen LogP) is 2.95. The van der Waals surface area contributed by atoms with E-state index < -0.39 is 0 Å². The predicted molar refractivity (Wildman–Crippen MR) is 106 cm³/mol. The Kier molecular flexibility index (Phi) is 5.25. The molecule has 0 unspecified atom stereocenters. The van der Waals surface area contributed by atoms with Crippen molar-refractivity contribution in [2.45, 2.75) is 33.4 Å². The van der Waals surface area contributed by atoms with Gasteiger partial charge in [-0.3, -0.25) is 4.90 Å². The zero-order chi connectivity index (χ0) is 19.5. The van der Waals surface area contributed by atoms with Crippen LogP contribution in [0.4, 0.5) is 0 Å². The normalized spacial score (nSPS) is 14.4. The van der Waals surface area contributed by atoms with Crippen molar-refractivity contribution in [3.63, 3.8) is 0 Å². The molecule has 1 aliphatic heterocycles. The number of phenols is 1. The fourth-order valence-electron chi connectivity index (χ4n) is 3.70. The molecule has 0 aliphatic carbocycles. The van der Waals surface area contributed by atoms with Crippen LogP contribution in [0, 0.1) is 13.8 Å². The highest BCUT2D eigenvalue weighted by molar-refractivity contribution is 5.71. The summed E-state index contributed by atoms with van der Waals surface area (Å²) in [6.07, 6.45) is 0.949. The standard InChI is InChI=1S/C21H25N5O2/c1-15-6-3-4-7-19(15)17-12-18-14-25(10-11-28-21(18)20(27)13-17)8-5-9-26-16(2)22-23-24-26/h3-4,6-7,12-13,27H,5,8-11,14H2,1-2H3. The molecule has 146 valence electrons. The van der Waals surface area contributed by atoms with Gasteiger partial charge in [-0.1, -0.05) is 24.3 Å². The maximum absolute atomic E-state index is 10.6. The first kappa shape index (κ1) is 18.4. The van der Waals surface area contributed by atoms with Crippen LogP contribution in [0.25, 0.3) is 11.1 Å². The number of rotatable bonds is 5. The van der Waals surface area contributed by atoms with Gasteiger partial charge in [0.2, 0.25) is 0 Å². The van der Waals surface area contributed by atoms with Crippen molar-refractivity contribution in [2.24, 2.45) is 0 Å². The van der Waals surface area contributed by atoms with Gasteiger partial charge in [0.25, 0.3) is 0 Å². The van der Waals surface area contributed by atoms with Gasteiger partial charge in [0.05, 0.1) is 0 Å². The molecular formula is C21H25N5O2. The van der Waals surface area contributed by atoms with Crippen LogP contribution in [0.3, 0.4) is 0 Å². The number of nitrogens with zero attached hydrogens (tertiary/aromatic N) is 5. The van der Waals surface area contributed by atoms with E-state index in [-0.39, 0.29) is 5.75 Å². The Morgan fingerprint density at radius 2 is 2.00 bits per heavy atom. The molecule has 2 heterocycles. The Morgan fingerprint density at radius 3 is 2.79 bits per heavy atom. The number of tetrazole rings is 1. The number of hydrogen-bond donors (Lipinski definition) is 1. The second kappa shape index (κ2) is 7.98. The third-order valence-corrected chi connectivity index (χ3v) is 5.21. The fraction of sp³-hybridized carbons (Fsp3) is 0.381. The molecule has 0 saturated heterocycles. The van der Waals surface area contributed by atoms with E-state index >= 15 is 0 Å². The molecule has 0 fully saturated rings. The van der Waals surface area contributed by atoms with Crippen LogP contribution in [-0.2, 0) is 13.1 Å². The SMILES string of the molecule is Cc1ccccc1-c1cc(O)c2c(c1)CN(CCCn1nnnc1C)CCO2. The summed E-state index contributed by atoms with van der Waals surface area (Å²) in [5.41, 5.74) is 4.36. The Bertz CT molecular complexity index is 969. The van der Waals surface area contributed by atoms with Crippen molar-refractivity contribution >= 4 is 0 Å². The average molecular weight is 379 g/mol. The quantitative estimate of drug-likeness (QED) is 0.735. The van der Waals surface area contributed by atoms with Gasteiger partial charge in [0, 0.05) is 31.7 Å². The minimum atomic E-state index is 0.210. The molecule has 1 aliphatic rings. The van der Waals surface area contributed by atoms with Gasteiger partial charge in [0.15, 0.2) is 11.5 Å². The van der Waals surface area contributed by atoms with E-state index in [0.717, 1.165) is 55.1 Å². The number of aromatic hydroxyl groups is 1.